The van der Waals surface area contributed by atoms with Gasteiger partial charge in [-0.1, -0.05) is 13.0 Å². The minimum absolute atomic E-state index is 0.137. The second-order valence-corrected chi connectivity index (χ2v) is 4.15. The molecule has 0 N–H and O–H groups in total. The van der Waals surface area contributed by atoms with Crippen molar-refractivity contribution in [1.82, 2.24) is 9.13 Å². The van der Waals surface area contributed by atoms with Crippen molar-refractivity contribution >= 4 is 0 Å². The summed E-state index contributed by atoms with van der Waals surface area (Å²) < 4.78 is 28.9. The van der Waals surface area contributed by atoms with Gasteiger partial charge in [0.25, 0.3) is 0 Å². The Morgan fingerprint density at radius 1 is 1.11 bits per heavy atom. The molecule has 5 heteroatoms. The van der Waals surface area contributed by atoms with E-state index < -0.39 is 11.6 Å². The molecular weight excluding hydrogens is 238 g/mol. The molecule has 3 nitrogen and oxygen atoms in total. The molecule has 0 atom stereocenters. The quantitative estimate of drug-likeness (QED) is 0.820. The van der Waals surface area contributed by atoms with E-state index in [0.29, 0.717) is 12.1 Å². The average molecular weight is 252 g/mol. The molecule has 1 aromatic heterocycles. The molecule has 96 valence electrons. The van der Waals surface area contributed by atoms with E-state index in [2.05, 4.69) is 0 Å². The van der Waals surface area contributed by atoms with Gasteiger partial charge in [-0.15, -0.1) is 0 Å². The fraction of sp³-hybridized carbons (Fsp3) is 0.308. The topological polar surface area (TPSA) is 26.9 Å². The number of hydrogen-bond donors (Lipinski definition) is 0. The number of hydrogen-bond acceptors (Lipinski definition) is 1. The first-order valence-corrected chi connectivity index (χ1v) is 5.81. The normalized spacial score (nSPS) is 10.8. The summed E-state index contributed by atoms with van der Waals surface area (Å²) in [6.07, 6.45) is 4.22. The predicted molar refractivity (Wildman–Crippen MR) is 64.4 cm³/mol. The summed E-state index contributed by atoms with van der Waals surface area (Å²) in [5.74, 6) is -1.77. The van der Waals surface area contributed by atoms with Gasteiger partial charge in [-0.2, -0.15) is 0 Å². The Labute approximate surface area is 103 Å². The highest BCUT2D eigenvalue weighted by Crippen LogP contribution is 2.09. The summed E-state index contributed by atoms with van der Waals surface area (Å²) in [5.41, 5.74) is 0.423. The largest absolute Gasteiger partial charge is 0.328 e. The lowest BCUT2D eigenvalue weighted by Gasteiger charge is -2.03. The Morgan fingerprint density at radius 3 is 2.50 bits per heavy atom. The van der Waals surface area contributed by atoms with E-state index in [1.54, 1.807) is 17.0 Å². The van der Waals surface area contributed by atoms with Gasteiger partial charge in [-0.3, -0.25) is 9.13 Å². The van der Waals surface area contributed by atoms with Crippen molar-refractivity contribution in [1.29, 1.82) is 0 Å². The molecule has 0 spiro atoms. The van der Waals surface area contributed by atoms with E-state index in [1.807, 2.05) is 6.92 Å². The van der Waals surface area contributed by atoms with Crippen LogP contribution in [0.1, 0.15) is 18.9 Å². The van der Waals surface area contributed by atoms with Gasteiger partial charge in [0.1, 0.15) is 0 Å². The van der Waals surface area contributed by atoms with Crippen LogP contribution in [0.4, 0.5) is 8.78 Å². The molecule has 0 saturated carbocycles. The highest BCUT2D eigenvalue weighted by Gasteiger charge is 2.06. The number of nitrogens with zero attached hydrogens (tertiary/aromatic N) is 2. The predicted octanol–water partition coefficient (Wildman–Crippen LogP) is 2.39. The van der Waals surface area contributed by atoms with Crippen molar-refractivity contribution in [3.63, 3.8) is 0 Å². The molecular formula is C13H14F2N2O. The Kier molecular flexibility index (Phi) is 3.60. The third kappa shape index (κ3) is 2.50. The third-order valence-electron chi connectivity index (χ3n) is 2.72. The van der Waals surface area contributed by atoms with Crippen molar-refractivity contribution in [2.45, 2.75) is 26.4 Å². The average Bonchev–Trinajstić information content (AvgIpc) is 2.67. The lowest BCUT2D eigenvalue weighted by Crippen LogP contribution is -2.24. The van der Waals surface area contributed by atoms with Crippen LogP contribution in [0.3, 0.4) is 0 Å². The van der Waals surface area contributed by atoms with Gasteiger partial charge in [-0.05, 0) is 24.1 Å². The fourth-order valence-electron chi connectivity index (χ4n) is 1.82. The standard InChI is InChI=1S/C13H14F2N2O/c1-2-5-16-6-7-17(13(16)18)9-10-3-4-11(14)12(15)8-10/h3-4,6-8H,2,5,9H2,1H3. The van der Waals surface area contributed by atoms with Gasteiger partial charge in [0, 0.05) is 18.9 Å². The number of halogens is 2. The molecule has 18 heavy (non-hydrogen) atoms. The summed E-state index contributed by atoms with van der Waals surface area (Å²) in [6, 6.07) is 3.65. The molecule has 1 heterocycles. The zero-order chi connectivity index (χ0) is 13.1. The maximum atomic E-state index is 13.0. The second-order valence-electron chi connectivity index (χ2n) is 4.15. The number of aryl methyl sites for hydroxylation is 1. The number of rotatable bonds is 4. The van der Waals surface area contributed by atoms with Crippen LogP contribution in [0, 0.1) is 11.6 Å². The maximum absolute atomic E-state index is 13.0. The van der Waals surface area contributed by atoms with Gasteiger partial charge in [0.05, 0.1) is 6.54 Å². The first kappa shape index (κ1) is 12.5. The highest BCUT2D eigenvalue weighted by molar-refractivity contribution is 5.18. The van der Waals surface area contributed by atoms with Crippen LogP contribution in [0.15, 0.2) is 35.4 Å². The summed E-state index contributed by atoms with van der Waals surface area (Å²) >= 11 is 0. The molecule has 0 radical (unpaired) electrons. The van der Waals surface area contributed by atoms with Crippen LogP contribution in [0.25, 0.3) is 0 Å². The van der Waals surface area contributed by atoms with Crippen LogP contribution < -0.4 is 5.69 Å². The molecule has 0 fully saturated rings. The Balaban J connectivity index is 2.23. The van der Waals surface area contributed by atoms with E-state index in [0.717, 1.165) is 18.6 Å². The first-order valence-electron chi connectivity index (χ1n) is 5.81. The molecule has 0 aliphatic rings. The van der Waals surface area contributed by atoms with Gasteiger partial charge in [-0.25, -0.2) is 13.6 Å². The molecule has 2 rings (SSSR count). The zero-order valence-corrected chi connectivity index (χ0v) is 10.1. The molecule has 0 amide bonds. The van der Waals surface area contributed by atoms with Crippen LogP contribution in [-0.2, 0) is 13.1 Å². The van der Waals surface area contributed by atoms with Crippen LogP contribution in [0.2, 0.25) is 0 Å². The zero-order valence-electron chi connectivity index (χ0n) is 10.1. The molecule has 0 aliphatic carbocycles. The van der Waals surface area contributed by atoms with Crippen LogP contribution in [0.5, 0.6) is 0 Å². The summed E-state index contributed by atoms with van der Waals surface area (Å²) in [5, 5.41) is 0. The van der Waals surface area contributed by atoms with E-state index in [4.69, 9.17) is 0 Å². The third-order valence-corrected chi connectivity index (χ3v) is 2.72. The minimum Gasteiger partial charge on any atom is -0.299 e. The van der Waals surface area contributed by atoms with Crippen molar-refractivity contribution < 1.29 is 8.78 Å². The number of benzene rings is 1. The van der Waals surface area contributed by atoms with Crippen LogP contribution in [-0.4, -0.2) is 9.13 Å². The molecule has 0 unspecified atom stereocenters. The van der Waals surface area contributed by atoms with Crippen molar-refractivity contribution in [3.05, 3.63) is 58.3 Å². The smallest absolute Gasteiger partial charge is 0.299 e. The van der Waals surface area contributed by atoms with Gasteiger partial charge >= 0.3 is 5.69 Å². The minimum atomic E-state index is -0.895. The van der Waals surface area contributed by atoms with Gasteiger partial charge in [0.2, 0.25) is 0 Å². The Hall–Kier alpha value is -1.91. The van der Waals surface area contributed by atoms with E-state index in [-0.39, 0.29) is 12.2 Å². The number of aromatic nitrogens is 2. The van der Waals surface area contributed by atoms with E-state index >= 15 is 0 Å². The van der Waals surface area contributed by atoms with Gasteiger partial charge in [0.15, 0.2) is 11.6 Å². The highest BCUT2D eigenvalue weighted by atomic mass is 19.2. The first-order chi connectivity index (χ1) is 8.61. The van der Waals surface area contributed by atoms with E-state index in [1.165, 1.54) is 10.6 Å². The molecule has 0 bridgehead atoms. The lowest BCUT2D eigenvalue weighted by atomic mass is 10.2. The van der Waals surface area contributed by atoms with Gasteiger partial charge < -0.3 is 0 Å². The number of imidazole rings is 1. The summed E-state index contributed by atoms with van der Waals surface area (Å²) in [7, 11) is 0. The Morgan fingerprint density at radius 2 is 1.83 bits per heavy atom. The maximum Gasteiger partial charge on any atom is 0.328 e. The lowest BCUT2D eigenvalue weighted by molar-refractivity contribution is 0.506. The van der Waals surface area contributed by atoms with Crippen LogP contribution >= 0.6 is 0 Å². The van der Waals surface area contributed by atoms with Crippen molar-refractivity contribution in [3.8, 4) is 0 Å². The molecule has 1 aromatic carbocycles. The molecule has 0 aliphatic heterocycles. The molecule has 0 saturated heterocycles. The van der Waals surface area contributed by atoms with Crippen molar-refractivity contribution in [2.24, 2.45) is 0 Å². The monoisotopic (exact) mass is 252 g/mol. The Bertz CT molecular complexity index is 601. The van der Waals surface area contributed by atoms with E-state index in [9.17, 15) is 13.6 Å². The van der Waals surface area contributed by atoms with Crippen molar-refractivity contribution in [2.75, 3.05) is 0 Å². The fourth-order valence-corrected chi connectivity index (χ4v) is 1.82. The SMILES string of the molecule is CCCn1ccn(Cc2ccc(F)c(F)c2)c1=O. The summed E-state index contributed by atoms with van der Waals surface area (Å²) in [4.78, 5) is 11.9. The molecule has 2 aromatic rings. The summed E-state index contributed by atoms with van der Waals surface area (Å²) in [6.45, 7) is 2.88. The second kappa shape index (κ2) is 5.16.